The van der Waals surface area contributed by atoms with Crippen molar-refractivity contribution in [3.63, 3.8) is 0 Å². The summed E-state index contributed by atoms with van der Waals surface area (Å²) in [4.78, 5) is 30.6. The number of carbonyl (C=O) groups is 2. The van der Waals surface area contributed by atoms with Gasteiger partial charge in [-0.1, -0.05) is 6.07 Å². The molecule has 6 heteroatoms. The fourth-order valence-corrected chi connectivity index (χ4v) is 2.61. The van der Waals surface area contributed by atoms with Gasteiger partial charge in [-0.05, 0) is 42.5 Å². The topological polar surface area (TPSA) is 71.5 Å². The Morgan fingerprint density at radius 3 is 2.62 bits per heavy atom. The number of anilines is 1. The molecule has 2 aromatic carbocycles. The van der Waals surface area contributed by atoms with Gasteiger partial charge >= 0.3 is 0 Å². The summed E-state index contributed by atoms with van der Waals surface area (Å²) in [6.45, 7) is 0. The van der Waals surface area contributed by atoms with Crippen LogP contribution in [0.2, 0.25) is 0 Å². The van der Waals surface area contributed by atoms with E-state index >= 15 is 0 Å². The molecule has 0 fully saturated rings. The standard InChI is InChI=1S/C20H19N3O3/c1-23(2)20(25)16-12-15(7-9-18(16)26-3)22-19(24)14-6-8-17-13(11-14)5-4-10-21-17/h4-12H,1-3H3,(H,22,24). The average Bonchev–Trinajstić information content (AvgIpc) is 2.66. The lowest BCUT2D eigenvalue weighted by Crippen LogP contribution is -2.22. The SMILES string of the molecule is COc1ccc(NC(=O)c2ccc3ncccc3c2)cc1C(=O)N(C)C. The van der Waals surface area contributed by atoms with Gasteiger partial charge in [-0.3, -0.25) is 14.6 Å². The van der Waals surface area contributed by atoms with Crippen LogP contribution in [0.5, 0.6) is 5.75 Å². The van der Waals surface area contributed by atoms with Crippen molar-refractivity contribution in [3.8, 4) is 5.75 Å². The number of fused-ring (bicyclic) bond motifs is 1. The monoisotopic (exact) mass is 349 g/mol. The maximum absolute atomic E-state index is 12.6. The first-order valence-electron chi connectivity index (χ1n) is 8.05. The van der Waals surface area contributed by atoms with Crippen LogP contribution in [0, 0.1) is 0 Å². The van der Waals surface area contributed by atoms with E-state index in [2.05, 4.69) is 10.3 Å². The maximum atomic E-state index is 12.6. The molecule has 0 radical (unpaired) electrons. The van der Waals surface area contributed by atoms with Crippen LogP contribution in [-0.2, 0) is 0 Å². The molecule has 0 saturated heterocycles. The molecule has 1 N–H and O–H groups in total. The summed E-state index contributed by atoms with van der Waals surface area (Å²) >= 11 is 0. The Hall–Kier alpha value is -3.41. The second-order valence-electron chi connectivity index (χ2n) is 5.98. The van der Waals surface area contributed by atoms with Gasteiger partial charge in [-0.25, -0.2) is 0 Å². The first-order valence-corrected chi connectivity index (χ1v) is 8.05. The minimum Gasteiger partial charge on any atom is -0.496 e. The van der Waals surface area contributed by atoms with Crippen LogP contribution in [0.3, 0.4) is 0 Å². The number of methoxy groups -OCH3 is 1. The lowest BCUT2D eigenvalue weighted by Gasteiger charge is -2.15. The van der Waals surface area contributed by atoms with Gasteiger partial charge in [0.2, 0.25) is 0 Å². The number of hydrogen-bond donors (Lipinski definition) is 1. The van der Waals surface area contributed by atoms with Crippen molar-refractivity contribution in [2.45, 2.75) is 0 Å². The van der Waals surface area contributed by atoms with Crippen LogP contribution in [0.1, 0.15) is 20.7 Å². The van der Waals surface area contributed by atoms with Crippen molar-refractivity contribution in [1.29, 1.82) is 0 Å². The minimum atomic E-state index is -0.260. The molecule has 1 heterocycles. The second kappa shape index (κ2) is 7.23. The van der Waals surface area contributed by atoms with Gasteiger partial charge in [-0.15, -0.1) is 0 Å². The van der Waals surface area contributed by atoms with Gasteiger partial charge in [0.15, 0.2) is 0 Å². The van der Waals surface area contributed by atoms with E-state index in [1.54, 1.807) is 56.7 Å². The molecule has 132 valence electrons. The Bertz CT molecular complexity index is 983. The van der Waals surface area contributed by atoms with Crippen LogP contribution in [0.25, 0.3) is 10.9 Å². The normalized spacial score (nSPS) is 10.4. The van der Waals surface area contributed by atoms with Gasteiger partial charge in [0, 0.05) is 36.9 Å². The molecule has 0 unspecified atom stereocenters. The Morgan fingerprint density at radius 2 is 1.88 bits per heavy atom. The summed E-state index contributed by atoms with van der Waals surface area (Å²) in [6, 6.07) is 14.0. The molecule has 0 saturated carbocycles. The number of carbonyl (C=O) groups excluding carboxylic acids is 2. The van der Waals surface area contributed by atoms with E-state index in [9.17, 15) is 9.59 Å². The van der Waals surface area contributed by atoms with Gasteiger partial charge in [0.25, 0.3) is 11.8 Å². The van der Waals surface area contributed by atoms with Crippen molar-refractivity contribution in [2.24, 2.45) is 0 Å². The first-order chi connectivity index (χ1) is 12.5. The molecular formula is C20H19N3O3. The summed E-state index contributed by atoms with van der Waals surface area (Å²) in [5.74, 6) is -0.00243. The largest absolute Gasteiger partial charge is 0.496 e. The molecule has 1 aromatic heterocycles. The van der Waals surface area contributed by atoms with Crippen LogP contribution < -0.4 is 10.1 Å². The predicted octanol–water partition coefficient (Wildman–Crippen LogP) is 3.20. The molecule has 26 heavy (non-hydrogen) atoms. The highest BCUT2D eigenvalue weighted by atomic mass is 16.5. The number of ether oxygens (including phenoxy) is 1. The highest BCUT2D eigenvalue weighted by Crippen LogP contribution is 2.24. The Morgan fingerprint density at radius 1 is 1.08 bits per heavy atom. The third-order valence-electron chi connectivity index (χ3n) is 3.96. The van der Waals surface area contributed by atoms with Crippen molar-refractivity contribution >= 4 is 28.4 Å². The van der Waals surface area contributed by atoms with Gasteiger partial charge in [0.1, 0.15) is 5.75 Å². The number of amides is 2. The molecule has 0 aliphatic rings. The number of rotatable bonds is 4. The van der Waals surface area contributed by atoms with E-state index in [0.717, 1.165) is 10.9 Å². The fraction of sp³-hybridized carbons (Fsp3) is 0.150. The Balaban J connectivity index is 1.88. The summed E-state index contributed by atoms with van der Waals surface area (Å²) in [5, 5.41) is 3.71. The summed E-state index contributed by atoms with van der Waals surface area (Å²) in [6.07, 6.45) is 1.71. The zero-order valence-electron chi connectivity index (χ0n) is 14.8. The van der Waals surface area contributed by atoms with E-state index in [1.807, 2.05) is 12.1 Å². The third-order valence-corrected chi connectivity index (χ3v) is 3.96. The van der Waals surface area contributed by atoms with E-state index in [4.69, 9.17) is 4.74 Å². The minimum absolute atomic E-state index is 0.199. The molecule has 0 aliphatic carbocycles. The van der Waals surface area contributed by atoms with Gasteiger partial charge in [0.05, 0.1) is 18.2 Å². The number of benzene rings is 2. The van der Waals surface area contributed by atoms with Crippen LogP contribution in [0.4, 0.5) is 5.69 Å². The smallest absolute Gasteiger partial charge is 0.257 e. The van der Waals surface area contributed by atoms with Gasteiger partial charge < -0.3 is 15.0 Å². The molecule has 0 bridgehead atoms. The molecular weight excluding hydrogens is 330 g/mol. The summed E-state index contributed by atoms with van der Waals surface area (Å²) in [5.41, 5.74) is 2.25. The van der Waals surface area contributed by atoms with Crippen molar-refractivity contribution < 1.29 is 14.3 Å². The molecule has 6 nitrogen and oxygen atoms in total. The zero-order valence-corrected chi connectivity index (χ0v) is 14.8. The summed E-state index contributed by atoms with van der Waals surface area (Å²) in [7, 11) is 4.83. The van der Waals surface area contributed by atoms with Gasteiger partial charge in [-0.2, -0.15) is 0 Å². The maximum Gasteiger partial charge on any atom is 0.257 e. The Labute approximate surface area is 151 Å². The van der Waals surface area contributed by atoms with Crippen LogP contribution >= 0.6 is 0 Å². The van der Waals surface area contributed by atoms with E-state index in [1.165, 1.54) is 12.0 Å². The highest BCUT2D eigenvalue weighted by molar-refractivity contribution is 6.07. The zero-order chi connectivity index (χ0) is 18.7. The molecule has 3 rings (SSSR count). The van der Waals surface area contributed by atoms with Crippen molar-refractivity contribution in [1.82, 2.24) is 9.88 Å². The summed E-state index contributed by atoms with van der Waals surface area (Å²) < 4.78 is 5.24. The van der Waals surface area contributed by atoms with Crippen molar-refractivity contribution in [2.75, 3.05) is 26.5 Å². The second-order valence-corrected chi connectivity index (χ2v) is 5.98. The molecule has 0 atom stereocenters. The van der Waals surface area contributed by atoms with Crippen LogP contribution in [0.15, 0.2) is 54.7 Å². The Kier molecular flexibility index (Phi) is 4.84. The molecule has 0 spiro atoms. The predicted molar refractivity (Wildman–Crippen MR) is 101 cm³/mol. The number of aromatic nitrogens is 1. The fourth-order valence-electron chi connectivity index (χ4n) is 2.61. The third kappa shape index (κ3) is 3.49. The van der Waals surface area contributed by atoms with Crippen molar-refractivity contribution in [3.05, 3.63) is 65.9 Å². The highest BCUT2D eigenvalue weighted by Gasteiger charge is 2.16. The number of hydrogen-bond acceptors (Lipinski definition) is 4. The molecule has 3 aromatic rings. The molecule has 0 aliphatic heterocycles. The number of nitrogens with one attached hydrogen (secondary N) is 1. The molecule has 2 amide bonds. The number of nitrogens with zero attached hydrogens (tertiary/aromatic N) is 2. The lowest BCUT2D eigenvalue weighted by molar-refractivity contribution is 0.0824. The van der Waals surface area contributed by atoms with E-state index in [0.29, 0.717) is 22.6 Å². The quantitative estimate of drug-likeness (QED) is 0.785. The van der Waals surface area contributed by atoms with E-state index < -0.39 is 0 Å². The average molecular weight is 349 g/mol. The number of pyridine rings is 1. The van der Waals surface area contributed by atoms with E-state index in [-0.39, 0.29) is 11.8 Å². The lowest BCUT2D eigenvalue weighted by atomic mass is 10.1. The van der Waals surface area contributed by atoms with Crippen LogP contribution in [-0.4, -0.2) is 42.9 Å². The first kappa shape index (κ1) is 17.4.